The van der Waals surface area contributed by atoms with Gasteiger partial charge in [0.2, 0.25) is 0 Å². The molecule has 25 heavy (non-hydrogen) atoms. The first-order valence-electron chi connectivity index (χ1n) is 8.56. The van der Waals surface area contributed by atoms with Crippen molar-refractivity contribution >= 4 is 17.5 Å². The van der Waals surface area contributed by atoms with Crippen molar-refractivity contribution in [3.8, 4) is 5.75 Å². The molecule has 0 fully saturated rings. The summed E-state index contributed by atoms with van der Waals surface area (Å²) in [5.41, 5.74) is 2.97. The van der Waals surface area contributed by atoms with Crippen LogP contribution in [-0.2, 0) is 5.41 Å². The summed E-state index contributed by atoms with van der Waals surface area (Å²) >= 11 is 6.16. The second-order valence-corrected chi connectivity index (χ2v) is 7.55. The van der Waals surface area contributed by atoms with Crippen LogP contribution in [0.1, 0.15) is 62.1 Å². The summed E-state index contributed by atoms with van der Waals surface area (Å²) in [7, 11) is 0. The normalized spacial score (nSPS) is 12.6. The molecular formula is C21H26ClNO2. The van der Waals surface area contributed by atoms with Gasteiger partial charge >= 0.3 is 0 Å². The summed E-state index contributed by atoms with van der Waals surface area (Å²) in [5.74, 6) is 0.434. The van der Waals surface area contributed by atoms with E-state index in [1.807, 2.05) is 13.8 Å². The van der Waals surface area contributed by atoms with Gasteiger partial charge in [0.1, 0.15) is 5.75 Å². The third kappa shape index (κ3) is 4.99. The van der Waals surface area contributed by atoms with E-state index in [-0.39, 0.29) is 17.4 Å². The molecule has 0 radical (unpaired) electrons. The molecule has 134 valence electrons. The zero-order chi connectivity index (χ0) is 18.6. The smallest absolute Gasteiger partial charge is 0.251 e. The molecule has 0 spiro atoms. The van der Waals surface area contributed by atoms with E-state index < -0.39 is 0 Å². The van der Waals surface area contributed by atoms with E-state index in [2.05, 4.69) is 50.4 Å². The minimum Gasteiger partial charge on any atom is -0.492 e. The molecule has 2 rings (SSSR count). The minimum absolute atomic E-state index is 0.0909. The molecule has 1 N–H and O–H groups in total. The van der Waals surface area contributed by atoms with Crippen LogP contribution in [0.5, 0.6) is 5.75 Å². The molecule has 2 aromatic rings. The number of amides is 1. The molecule has 0 aromatic heterocycles. The lowest BCUT2D eigenvalue weighted by Gasteiger charge is -2.21. The van der Waals surface area contributed by atoms with Crippen LogP contribution in [0.3, 0.4) is 0 Å². The predicted octanol–water partition coefficient (Wildman–Crippen LogP) is 5.53. The van der Waals surface area contributed by atoms with Crippen LogP contribution < -0.4 is 10.1 Å². The van der Waals surface area contributed by atoms with E-state index in [1.165, 1.54) is 5.56 Å². The first kappa shape index (κ1) is 19.3. The molecule has 1 atom stereocenters. The van der Waals surface area contributed by atoms with Crippen LogP contribution in [0, 0.1) is 0 Å². The van der Waals surface area contributed by atoms with E-state index in [9.17, 15) is 4.79 Å². The molecule has 4 heteroatoms. The van der Waals surface area contributed by atoms with Gasteiger partial charge in [0.15, 0.2) is 0 Å². The van der Waals surface area contributed by atoms with Crippen molar-refractivity contribution in [2.45, 2.75) is 46.1 Å². The number of nitrogens with one attached hydrogen (secondary N) is 1. The van der Waals surface area contributed by atoms with E-state index >= 15 is 0 Å². The number of rotatable bonds is 5. The zero-order valence-electron chi connectivity index (χ0n) is 15.5. The van der Waals surface area contributed by atoms with Crippen molar-refractivity contribution in [1.82, 2.24) is 5.32 Å². The van der Waals surface area contributed by atoms with Gasteiger partial charge in [0, 0.05) is 5.56 Å². The largest absolute Gasteiger partial charge is 0.492 e. The van der Waals surface area contributed by atoms with Crippen molar-refractivity contribution in [2.24, 2.45) is 0 Å². The standard InChI is InChI=1S/C21H26ClNO2/c1-6-25-19-12-9-16(13-18(19)22)20(24)23-14(2)15-7-10-17(11-8-15)21(3,4)5/h7-14H,6H2,1-5H3,(H,23,24). The number of halogens is 1. The summed E-state index contributed by atoms with van der Waals surface area (Å²) in [5, 5.41) is 3.45. The van der Waals surface area contributed by atoms with Crippen LogP contribution in [-0.4, -0.2) is 12.5 Å². The van der Waals surface area contributed by atoms with E-state index in [1.54, 1.807) is 18.2 Å². The number of hydrogen-bond acceptors (Lipinski definition) is 2. The summed E-state index contributed by atoms with van der Waals surface area (Å²) in [4.78, 5) is 12.5. The van der Waals surface area contributed by atoms with Gasteiger partial charge in [-0.3, -0.25) is 4.79 Å². The topological polar surface area (TPSA) is 38.3 Å². The number of hydrogen-bond donors (Lipinski definition) is 1. The molecule has 1 unspecified atom stereocenters. The fourth-order valence-electron chi connectivity index (χ4n) is 2.55. The lowest BCUT2D eigenvalue weighted by atomic mass is 9.86. The van der Waals surface area contributed by atoms with Crippen LogP contribution in [0.25, 0.3) is 0 Å². The molecule has 2 aromatic carbocycles. The Balaban J connectivity index is 2.08. The first-order chi connectivity index (χ1) is 11.7. The van der Waals surface area contributed by atoms with Gasteiger partial charge in [-0.05, 0) is 48.6 Å². The molecule has 0 aliphatic rings. The zero-order valence-corrected chi connectivity index (χ0v) is 16.3. The van der Waals surface area contributed by atoms with Gasteiger partial charge in [-0.2, -0.15) is 0 Å². The monoisotopic (exact) mass is 359 g/mol. The van der Waals surface area contributed by atoms with Gasteiger partial charge in [0.25, 0.3) is 5.91 Å². The predicted molar refractivity (Wildman–Crippen MR) is 104 cm³/mol. The Labute approximate surface area is 155 Å². The third-order valence-electron chi connectivity index (χ3n) is 4.12. The Hall–Kier alpha value is -2.00. The number of carbonyl (C=O) groups is 1. The summed E-state index contributed by atoms with van der Waals surface area (Å²) in [6.07, 6.45) is 0. The quantitative estimate of drug-likeness (QED) is 0.762. The number of carbonyl (C=O) groups excluding carboxylic acids is 1. The second kappa shape index (κ2) is 7.92. The highest BCUT2D eigenvalue weighted by atomic mass is 35.5. The van der Waals surface area contributed by atoms with Crippen molar-refractivity contribution in [2.75, 3.05) is 6.61 Å². The van der Waals surface area contributed by atoms with Crippen molar-refractivity contribution < 1.29 is 9.53 Å². The van der Waals surface area contributed by atoms with Crippen LogP contribution >= 0.6 is 11.6 Å². The third-order valence-corrected chi connectivity index (χ3v) is 4.41. The highest BCUT2D eigenvalue weighted by molar-refractivity contribution is 6.32. The highest BCUT2D eigenvalue weighted by Gasteiger charge is 2.16. The highest BCUT2D eigenvalue weighted by Crippen LogP contribution is 2.26. The molecule has 0 bridgehead atoms. The fourth-order valence-corrected chi connectivity index (χ4v) is 2.78. The lowest BCUT2D eigenvalue weighted by molar-refractivity contribution is 0.0940. The van der Waals surface area contributed by atoms with Crippen molar-refractivity contribution in [3.05, 3.63) is 64.2 Å². The summed E-state index contributed by atoms with van der Waals surface area (Å²) < 4.78 is 5.40. The maximum Gasteiger partial charge on any atom is 0.251 e. The van der Waals surface area contributed by atoms with E-state index in [0.29, 0.717) is 22.9 Å². The van der Waals surface area contributed by atoms with Gasteiger partial charge in [-0.1, -0.05) is 56.6 Å². The summed E-state index contributed by atoms with van der Waals surface area (Å²) in [6, 6.07) is 13.4. The van der Waals surface area contributed by atoms with Gasteiger partial charge in [0.05, 0.1) is 17.7 Å². The van der Waals surface area contributed by atoms with Crippen LogP contribution in [0.15, 0.2) is 42.5 Å². The first-order valence-corrected chi connectivity index (χ1v) is 8.94. The summed E-state index contributed by atoms with van der Waals surface area (Å²) in [6.45, 7) is 10.9. The fraction of sp³-hybridized carbons (Fsp3) is 0.381. The van der Waals surface area contributed by atoms with Gasteiger partial charge in [-0.25, -0.2) is 0 Å². The number of ether oxygens (including phenoxy) is 1. The van der Waals surface area contributed by atoms with E-state index in [0.717, 1.165) is 5.56 Å². The van der Waals surface area contributed by atoms with Crippen LogP contribution in [0.4, 0.5) is 0 Å². The maximum atomic E-state index is 12.5. The average Bonchev–Trinajstić information content (AvgIpc) is 2.56. The molecule has 0 aliphatic carbocycles. The lowest BCUT2D eigenvalue weighted by Crippen LogP contribution is -2.26. The maximum absolute atomic E-state index is 12.5. The van der Waals surface area contributed by atoms with E-state index in [4.69, 9.17) is 16.3 Å². The SMILES string of the molecule is CCOc1ccc(C(=O)NC(C)c2ccc(C(C)(C)C)cc2)cc1Cl. The van der Waals surface area contributed by atoms with Gasteiger partial charge < -0.3 is 10.1 Å². The Morgan fingerprint density at radius 3 is 2.32 bits per heavy atom. The molecule has 0 saturated heterocycles. The second-order valence-electron chi connectivity index (χ2n) is 7.15. The van der Waals surface area contributed by atoms with Crippen molar-refractivity contribution in [1.29, 1.82) is 0 Å². The van der Waals surface area contributed by atoms with Crippen molar-refractivity contribution in [3.63, 3.8) is 0 Å². The molecule has 1 amide bonds. The Morgan fingerprint density at radius 1 is 1.16 bits per heavy atom. The molecule has 3 nitrogen and oxygen atoms in total. The Bertz CT molecular complexity index is 733. The van der Waals surface area contributed by atoms with Crippen LogP contribution in [0.2, 0.25) is 5.02 Å². The molecule has 0 aliphatic heterocycles. The average molecular weight is 360 g/mol. The Morgan fingerprint density at radius 2 is 1.80 bits per heavy atom. The minimum atomic E-state index is -0.155. The number of benzene rings is 2. The molecule has 0 saturated carbocycles. The molecular weight excluding hydrogens is 334 g/mol. The Kier molecular flexibility index (Phi) is 6.12. The molecule has 0 heterocycles. The van der Waals surface area contributed by atoms with Gasteiger partial charge in [-0.15, -0.1) is 0 Å².